The fourth-order valence-corrected chi connectivity index (χ4v) is 4.11. The predicted molar refractivity (Wildman–Crippen MR) is 120 cm³/mol. The van der Waals surface area contributed by atoms with Gasteiger partial charge in [-0.25, -0.2) is 0 Å². The zero-order chi connectivity index (χ0) is 23.0. The molecule has 0 amide bonds. The highest BCUT2D eigenvalue weighted by Gasteiger charge is 2.40. The Morgan fingerprint density at radius 2 is 1.87 bits per heavy atom. The average molecular weight is 437 g/mol. The Bertz CT molecular complexity index is 687. The van der Waals surface area contributed by atoms with E-state index < -0.39 is 12.2 Å². The van der Waals surface area contributed by atoms with E-state index in [0.29, 0.717) is 37.7 Å². The van der Waals surface area contributed by atoms with Crippen LogP contribution in [0.15, 0.2) is 18.2 Å². The normalized spacial score (nSPS) is 20.7. The zero-order valence-corrected chi connectivity index (χ0v) is 19.9. The summed E-state index contributed by atoms with van der Waals surface area (Å²) in [5, 5.41) is 10.8. The summed E-state index contributed by atoms with van der Waals surface area (Å²) < 4.78 is 21.9. The average Bonchev–Trinajstić information content (AvgIpc) is 3.13. The number of hydrogen-bond acceptors (Lipinski definition) is 6. The van der Waals surface area contributed by atoms with Crippen LogP contribution in [0.2, 0.25) is 0 Å². The molecule has 31 heavy (non-hydrogen) atoms. The molecular formula is C25H40O6. The topological polar surface area (TPSA) is 74.2 Å². The number of cyclic esters (lactones) is 1. The summed E-state index contributed by atoms with van der Waals surface area (Å²) in [6.45, 7) is 9.59. The maximum absolute atomic E-state index is 12.1. The minimum Gasteiger partial charge on any atom is -0.493 e. The van der Waals surface area contributed by atoms with Gasteiger partial charge in [-0.2, -0.15) is 0 Å². The van der Waals surface area contributed by atoms with Gasteiger partial charge >= 0.3 is 5.97 Å². The lowest BCUT2D eigenvalue weighted by Crippen LogP contribution is -2.30. The van der Waals surface area contributed by atoms with Crippen LogP contribution in [0.4, 0.5) is 0 Å². The fourth-order valence-electron chi connectivity index (χ4n) is 4.11. The van der Waals surface area contributed by atoms with Gasteiger partial charge in [-0.15, -0.1) is 0 Å². The highest BCUT2D eigenvalue weighted by molar-refractivity contribution is 5.75. The molecule has 4 unspecified atom stereocenters. The Morgan fingerprint density at radius 1 is 1.13 bits per heavy atom. The van der Waals surface area contributed by atoms with E-state index in [9.17, 15) is 9.90 Å². The number of carbonyl (C=O) groups excluding carboxylic acids is 1. The number of aliphatic hydroxyl groups excluding tert-OH is 1. The van der Waals surface area contributed by atoms with Gasteiger partial charge in [-0.1, -0.05) is 33.8 Å². The summed E-state index contributed by atoms with van der Waals surface area (Å²) in [6, 6.07) is 6.01. The summed E-state index contributed by atoms with van der Waals surface area (Å²) >= 11 is 0. The van der Waals surface area contributed by atoms with Gasteiger partial charge in [-0.05, 0) is 48.3 Å². The van der Waals surface area contributed by atoms with Gasteiger partial charge in [0.15, 0.2) is 11.5 Å². The molecule has 1 heterocycles. The van der Waals surface area contributed by atoms with Gasteiger partial charge in [0.05, 0.1) is 25.7 Å². The van der Waals surface area contributed by atoms with Crippen LogP contribution in [-0.2, 0) is 20.7 Å². The van der Waals surface area contributed by atoms with Gasteiger partial charge in [0.1, 0.15) is 6.10 Å². The number of rotatable bonds is 13. The molecule has 2 rings (SSSR count). The third kappa shape index (κ3) is 7.39. The van der Waals surface area contributed by atoms with Crippen LogP contribution >= 0.6 is 0 Å². The van der Waals surface area contributed by atoms with Gasteiger partial charge in [-0.3, -0.25) is 4.79 Å². The first kappa shape index (κ1) is 25.5. The number of hydrogen-bond donors (Lipinski definition) is 1. The number of carbonyl (C=O) groups is 1. The van der Waals surface area contributed by atoms with Crippen LogP contribution in [0.1, 0.15) is 52.5 Å². The molecule has 6 nitrogen and oxygen atoms in total. The monoisotopic (exact) mass is 436 g/mol. The Labute approximate surface area is 187 Å². The molecule has 0 aromatic heterocycles. The van der Waals surface area contributed by atoms with E-state index >= 15 is 0 Å². The second-order valence-electron chi connectivity index (χ2n) is 9.25. The predicted octanol–water partition coefficient (Wildman–Crippen LogP) is 4.26. The first-order valence-electron chi connectivity index (χ1n) is 11.4. The lowest BCUT2D eigenvalue weighted by atomic mass is 9.82. The molecule has 0 radical (unpaired) electrons. The molecule has 176 valence electrons. The molecule has 0 spiro atoms. The number of aliphatic hydroxyl groups is 1. The second kappa shape index (κ2) is 12.3. The van der Waals surface area contributed by atoms with Crippen LogP contribution in [0, 0.1) is 23.7 Å². The van der Waals surface area contributed by atoms with Crippen molar-refractivity contribution in [3.63, 3.8) is 0 Å². The minimum absolute atomic E-state index is 0.114. The van der Waals surface area contributed by atoms with Crippen LogP contribution in [-0.4, -0.2) is 50.7 Å². The van der Waals surface area contributed by atoms with Crippen molar-refractivity contribution in [3.05, 3.63) is 23.8 Å². The lowest BCUT2D eigenvalue weighted by molar-refractivity contribution is -0.149. The maximum atomic E-state index is 12.1. The largest absolute Gasteiger partial charge is 0.493 e. The molecule has 1 aromatic rings. The van der Waals surface area contributed by atoms with E-state index in [1.807, 2.05) is 32.0 Å². The summed E-state index contributed by atoms with van der Waals surface area (Å²) in [4.78, 5) is 12.1. The van der Waals surface area contributed by atoms with E-state index in [1.54, 1.807) is 14.2 Å². The quantitative estimate of drug-likeness (QED) is 0.368. The molecule has 1 aliphatic rings. The molecule has 1 aromatic carbocycles. The molecule has 6 heteroatoms. The van der Waals surface area contributed by atoms with E-state index in [0.717, 1.165) is 24.2 Å². The third-order valence-corrected chi connectivity index (χ3v) is 6.25. The Morgan fingerprint density at radius 3 is 2.45 bits per heavy atom. The van der Waals surface area contributed by atoms with E-state index in [4.69, 9.17) is 18.9 Å². The third-order valence-electron chi connectivity index (χ3n) is 6.25. The number of benzene rings is 1. The van der Waals surface area contributed by atoms with Crippen molar-refractivity contribution in [1.82, 2.24) is 0 Å². The first-order chi connectivity index (χ1) is 14.8. The van der Waals surface area contributed by atoms with Crippen molar-refractivity contribution in [1.29, 1.82) is 0 Å². The van der Waals surface area contributed by atoms with Crippen LogP contribution in [0.5, 0.6) is 11.5 Å². The van der Waals surface area contributed by atoms with Crippen molar-refractivity contribution in [2.24, 2.45) is 23.7 Å². The maximum Gasteiger partial charge on any atom is 0.309 e. The Balaban J connectivity index is 2.03. The highest BCUT2D eigenvalue weighted by atomic mass is 16.6. The van der Waals surface area contributed by atoms with Gasteiger partial charge < -0.3 is 24.1 Å². The SMILES string of the molecule is COCCCOc1cc(CC(CC(O)C2CC(C(C)C)C(=O)O2)C(C)C)ccc1OC. The standard InChI is InChI=1S/C25H40O6/c1-16(2)19(14-21(26)23-15-20(17(3)4)25(27)31-23)12-18-8-9-22(29-6)24(13-18)30-11-7-10-28-5/h8-9,13,16-17,19-21,23,26H,7,10-12,14-15H2,1-6H3. The molecule has 1 fully saturated rings. The van der Waals surface area contributed by atoms with Gasteiger partial charge in [0.25, 0.3) is 0 Å². The number of esters is 1. The van der Waals surface area contributed by atoms with Gasteiger partial charge in [0, 0.05) is 26.6 Å². The van der Waals surface area contributed by atoms with E-state index in [2.05, 4.69) is 13.8 Å². The van der Waals surface area contributed by atoms with Crippen molar-refractivity contribution in [3.8, 4) is 11.5 Å². The molecule has 1 N–H and O–H groups in total. The smallest absolute Gasteiger partial charge is 0.309 e. The van der Waals surface area contributed by atoms with E-state index in [1.165, 1.54) is 0 Å². The first-order valence-corrected chi connectivity index (χ1v) is 11.4. The minimum atomic E-state index is -0.650. The zero-order valence-electron chi connectivity index (χ0n) is 19.9. The lowest BCUT2D eigenvalue weighted by Gasteiger charge is -2.26. The van der Waals surface area contributed by atoms with Gasteiger partial charge in [0.2, 0.25) is 0 Å². The van der Waals surface area contributed by atoms with Crippen molar-refractivity contribution < 1.29 is 28.8 Å². The summed E-state index contributed by atoms with van der Waals surface area (Å²) in [5.74, 6) is 2.00. The Hall–Kier alpha value is -1.79. The highest BCUT2D eigenvalue weighted by Crippen LogP contribution is 2.34. The summed E-state index contributed by atoms with van der Waals surface area (Å²) in [5.41, 5.74) is 1.14. The summed E-state index contributed by atoms with van der Waals surface area (Å²) in [6.07, 6.45) is 1.75. The molecule has 1 saturated heterocycles. The second-order valence-corrected chi connectivity index (χ2v) is 9.25. The molecule has 1 aliphatic heterocycles. The van der Waals surface area contributed by atoms with Crippen molar-refractivity contribution in [2.75, 3.05) is 27.4 Å². The van der Waals surface area contributed by atoms with Crippen LogP contribution < -0.4 is 9.47 Å². The Kier molecular flexibility index (Phi) is 10.1. The van der Waals surface area contributed by atoms with Crippen molar-refractivity contribution >= 4 is 5.97 Å². The fraction of sp³-hybridized carbons (Fsp3) is 0.720. The number of methoxy groups -OCH3 is 2. The van der Waals surface area contributed by atoms with Crippen LogP contribution in [0.3, 0.4) is 0 Å². The number of ether oxygens (including phenoxy) is 4. The molecule has 4 atom stereocenters. The van der Waals surface area contributed by atoms with Crippen molar-refractivity contribution in [2.45, 2.75) is 65.6 Å². The molecule has 0 aliphatic carbocycles. The van der Waals surface area contributed by atoms with E-state index in [-0.39, 0.29) is 23.7 Å². The molecule has 0 bridgehead atoms. The summed E-state index contributed by atoms with van der Waals surface area (Å²) in [7, 11) is 3.31. The molecule has 0 saturated carbocycles. The molecular weight excluding hydrogens is 396 g/mol. The van der Waals surface area contributed by atoms with Crippen LogP contribution in [0.25, 0.3) is 0 Å².